The van der Waals surface area contributed by atoms with Gasteiger partial charge < -0.3 is 10.0 Å². The summed E-state index contributed by atoms with van der Waals surface area (Å²) in [7, 11) is 0. The molecular formula is C11H10N2O3. The molecule has 0 unspecified atom stereocenters. The Kier molecular flexibility index (Phi) is 2.59. The predicted molar refractivity (Wildman–Crippen MR) is 56.5 cm³/mol. The molecule has 0 atom stereocenters. The van der Waals surface area contributed by atoms with Gasteiger partial charge in [-0.15, -0.1) is 0 Å². The van der Waals surface area contributed by atoms with Crippen LogP contribution in [0.5, 0.6) is 0 Å². The van der Waals surface area contributed by atoms with Gasteiger partial charge in [-0.25, -0.2) is 4.79 Å². The lowest BCUT2D eigenvalue weighted by molar-refractivity contribution is -0.141. The number of carbonyl (C=O) groups excluding carboxylic acids is 1. The summed E-state index contributed by atoms with van der Waals surface area (Å²) in [5, 5.41) is 13.1. The monoisotopic (exact) mass is 218 g/mol. The van der Waals surface area contributed by atoms with E-state index in [9.17, 15) is 4.79 Å². The smallest absolute Gasteiger partial charge is 0.329 e. The zero-order valence-electron chi connectivity index (χ0n) is 8.62. The summed E-state index contributed by atoms with van der Waals surface area (Å²) >= 11 is 0. The third-order valence-corrected chi connectivity index (χ3v) is 2.12. The Morgan fingerprint density at radius 2 is 2.12 bits per heavy atom. The van der Waals surface area contributed by atoms with Gasteiger partial charge in [0.1, 0.15) is 5.36 Å². The van der Waals surface area contributed by atoms with Crippen LogP contribution < -0.4 is 10.2 Å². The van der Waals surface area contributed by atoms with Gasteiger partial charge in [-0.2, -0.15) is 4.73 Å². The Hall–Kier alpha value is -2.30. The molecule has 82 valence electrons. The number of fused-ring (bicyclic) bond motifs is 1. The van der Waals surface area contributed by atoms with Crippen LogP contribution in [-0.2, 0) is 4.79 Å². The van der Waals surface area contributed by atoms with E-state index >= 15 is 0 Å². The molecule has 1 N–H and O–H groups in total. The van der Waals surface area contributed by atoms with Gasteiger partial charge in [0, 0.05) is 18.5 Å². The van der Waals surface area contributed by atoms with Crippen molar-refractivity contribution in [1.29, 1.82) is 0 Å². The first-order valence-electron chi connectivity index (χ1n) is 4.70. The van der Waals surface area contributed by atoms with Crippen molar-refractivity contribution in [2.24, 2.45) is 5.16 Å². The van der Waals surface area contributed by atoms with Crippen molar-refractivity contribution in [2.75, 3.05) is 0 Å². The highest BCUT2D eigenvalue weighted by molar-refractivity contribution is 5.79. The van der Waals surface area contributed by atoms with E-state index in [0.29, 0.717) is 16.3 Å². The molecular weight excluding hydrogens is 208 g/mol. The van der Waals surface area contributed by atoms with E-state index in [1.54, 1.807) is 18.2 Å². The second kappa shape index (κ2) is 4.06. The molecule has 0 fully saturated rings. The quantitative estimate of drug-likeness (QED) is 0.571. The average molecular weight is 218 g/mol. The zero-order chi connectivity index (χ0) is 11.5. The minimum Gasteiger partial charge on any atom is -0.410 e. The number of aromatic nitrogens is 1. The Morgan fingerprint density at radius 3 is 2.81 bits per heavy atom. The first kappa shape index (κ1) is 10.2. The Bertz CT molecular complexity index is 601. The number of rotatable bonds is 1. The molecule has 1 aromatic carbocycles. The average Bonchev–Trinajstić information content (AvgIpc) is 2.29. The maximum Gasteiger partial charge on any atom is 0.329 e. The van der Waals surface area contributed by atoms with Gasteiger partial charge in [0.05, 0.1) is 5.52 Å². The van der Waals surface area contributed by atoms with Crippen LogP contribution in [0.1, 0.15) is 6.92 Å². The van der Waals surface area contributed by atoms with E-state index in [1.165, 1.54) is 17.9 Å². The van der Waals surface area contributed by atoms with Gasteiger partial charge in [0.25, 0.3) is 0 Å². The molecule has 0 bridgehead atoms. The minimum atomic E-state index is -0.413. The summed E-state index contributed by atoms with van der Waals surface area (Å²) in [5.41, 5.74) is 0.660. The van der Waals surface area contributed by atoms with Crippen LogP contribution in [0.3, 0.4) is 0 Å². The van der Waals surface area contributed by atoms with Gasteiger partial charge in [-0.05, 0) is 12.1 Å². The van der Waals surface area contributed by atoms with Crippen LogP contribution >= 0.6 is 0 Å². The lowest BCUT2D eigenvalue weighted by Gasteiger charge is -2.08. The van der Waals surface area contributed by atoms with Gasteiger partial charge >= 0.3 is 5.97 Å². The predicted octanol–water partition coefficient (Wildman–Crippen LogP) is 0.906. The Labute approximate surface area is 91.1 Å². The van der Waals surface area contributed by atoms with Crippen LogP contribution in [0.2, 0.25) is 0 Å². The molecule has 0 spiro atoms. The maximum atomic E-state index is 10.9. The summed E-state index contributed by atoms with van der Waals surface area (Å²) in [6.45, 7) is 1.33. The third-order valence-electron chi connectivity index (χ3n) is 2.12. The summed E-state index contributed by atoms with van der Waals surface area (Å²) in [6.07, 6.45) is 1.53. The summed E-state index contributed by atoms with van der Waals surface area (Å²) < 4.78 is 1.34. The number of pyridine rings is 1. The van der Waals surface area contributed by atoms with Gasteiger partial charge in [-0.3, -0.25) is 0 Å². The molecule has 0 saturated carbocycles. The SMILES string of the molecule is CC(=O)On1cc/c(=N\O)c2ccccc21. The van der Waals surface area contributed by atoms with Crippen LogP contribution in [0.25, 0.3) is 10.9 Å². The van der Waals surface area contributed by atoms with Crippen molar-refractivity contribution in [3.05, 3.63) is 41.9 Å². The molecule has 0 aliphatic heterocycles. The van der Waals surface area contributed by atoms with Crippen LogP contribution in [0.4, 0.5) is 0 Å². The second-order valence-electron chi connectivity index (χ2n) is 3.23. The fourth-order valence-corrected chi connectivity index (χ4v) is 1.50. The van der Waals surface area contributed by atoms with Gasteiger partial charge in [-0.1, -0.05) is 23.4 Å². The van der Waals surface area contributed by atoms with Crippen LogP contribution in [0, 0.1) is 0 Å². The van der Waals surface area contributed by atoms with Crippen LogP contribution in [0.15, 0.2) is 41.7 Å². The van der Waals surface area contributed by atoms with Crippen LogP contribution in [-0.4, -0.2) is 15.9 Å². The fourth-order valence-electron chi connectivity index (χ4n) is 1.50. The summed E-state index contributed by atoms with van der Waals surface area (Å²) in [5.74, 6) is -0.413. The highest BCUT2D eigenvalue weighted by Crippen LogP contribution is 2.07. The molecule has 0 saturated heterocycles. The first-order chi connectivity index (χ1) is 7.72. The largest absolute Gasteiger partial charge is 0.410 e. The van der Waals surface area contributed by atoms with E-state index in [0.717, 1.165) is 0 Å². The van der Waals surface area contributed by atoms with E-state index in [1.807, 2.05) is 12.1 Å². The van der Waals surface area contributed by atoms with Crippen molar-refractivity contribution >= 4 is 16.9 Å². The van der Waals surface area contributed by atoms with E-state index < -0.39 is 5.97 Å². The number of para-hydroxylation sites is 1. The molecule has 0 aliphatic rings. The lowest BCUT2D eigenvalue weighted by atomic mass is 10.2. The topological polar surface area (TPSA) is 63.8 Å². The third kappa shape index (κ3) is 1.75. The van der Waals surface area contributed by atoms with Gasteiger partial charge in [0.2, 0.25) is 0 Å². The van der Waals surface area contributed by atoms with Crippen molar-refractivity contribution in [3.63, 3.8) is 0 Å². The molecule has 1 heterocycles. The van der Waals surface area contributed by atoms with Crippen molar-refractivity contribution in [2.45, 2.75) is 6.92 Å². The number of hydrogen-bond acceptors (Lipinski definition) is 4. The maximum absolute atomic E-state index is 10.9. The minimum absolute atomic E-state index is 0.413. The summed E-state index contributed by atoms with van der Waals surface area (Å²) in [6, 6.07) is 8.74. The molecule has 0 amide bonds. The highest BCUT2D eigenvalue weighted by Gasteiger charge is 2.03. The van der Waals surface area contributed by atoms with Crippen molar-refractivity contribution < 1.29 is 14.8 Å². The molecule has 5 heteroatoms. The van der Waals surface area contributed by atoms with E-state index in [4.69, 9.17) is 10.0 Å². The van der Waals surface area contributed by atoms with E-state index in [2.05, 4.69) is 5.16 Å². The van der Waals surface area contributed by atoms with E-state index in [-0.39, 0.29) is 0 Å². The molecule has 5 nitrogen and oxygen atoms in total. The van der Waals surface area contributed by atoms with Crippen molar-refractivity contribution in [3.8, 4) is 0 Å². The normalized spacial score (nSPS) is 11.7. The molecule has 1 aromatic heterocycles. The number of benzene rings is 1. The van der Waals surface area contributed by atoms with Gasteiger partial charge in [0.15, 0.2) is 0 Å². The second-order valence-corrected chi connectivity index (χ2v) is 3.23. The zero-order valence-corrected chi connectivity index (χ0v) is 8.62. The lowest BCUT2D eigenvalue weighted by Crippen LogP contribution is -2.19. The molecule has 2 rings (SSSR count). The Balaban J connectivity index is 2.75. The molecule has 0 radical (unpaired) electrons. The number of carbonyl (C=O) groups is 1. The molecule has 2 aromatic rings. The Morgan fingerprint density at radius 1 is 1.38 bits per heavy atom. The number of hydrogen-bond donors (Lipinski definition) is 1. The van der Waals surface area contributed by atoms with Crippen molar-refractivity contribution in [1.82, 2.24) is 4.73 Å². The summed E-state index contributed by atoms with van der Waals surface area (Å²) in [4.78, 5) is 15.9. The highest BCUT2D eigenvalue weighted by atomic mass is 16.7. The molecule has 16 heavy (non-hydrogen) atoms. The standard InChI is InChI=1S/C11H10N2O3/c1-8(14)16-13-7-6-10(12-15)9-4-2-3-5-11(9)13/h2-7,15H,1H3/b12-10+. The first-order valence-corrected chi connectivity index (χ1v) is 4.70. The number of nitrogens with zero attached hydrogens (tertiary/aromatic N) is 2. The molecule has 0 aliphatic carbocycles. The fraction of sp³-hybridized carbons (Fsp3) is 0.0909.